The van der Waals surface area contributed by atoms with Crippen molar-refractivity contribution >= 4 is 21.6 Å². The normalized spacial score (nSPS) is 20.6. The molecule has 1 heterocycles. The van der Waals surface area contributed by atoms with Crippen LogP contribution in [0, 0.1) is 0 Å². The fourth-order valence-corrected chi connectivity index (χ4v) is 3.59. The molecule has 3 nitrogen and oxygen atoms in total. The minimum atomic E-state index is 0.250. The fourth-order valence-electron chi connectivity index (χ4n) is 2.91. The quantitative estimate of drug-likeness (QED) is 0.845. The maximum absolute atomic E-state index is 6.05. The fraction of sp³-hybridized carbons (Fsp3) is 0.647. The van der Waals surface area contributed by atoms with E-state index in [1.807, 2.05) is 0 Å². The Morgan fingerprint density at radius 3 is 2.90 bits per heavy atom. The van der Waals surface area contributed by atoms with Gasteiger partial charge in [-0.15, -0.1) is 0 Å². The van der Waals surface area contributed by atoms with E-state index in [1.54, 1.807) is 0 Å². The lowest BCUT2D eigenvalue weighted by atomic mass is 10.0. The standard InChI is InChI=1S/C17H27BrN2O/c1-3-14(19)10-13-7-8-17(16(18)11-13)20-9-5-6-15(12-20)21-4-2/h7-8,11,14-15H,3-6,9-10,12,19H2,1-2H3. The molecule has 2 rings (SSSR count). The van der Waals surface area contributed by atoms with Gasteiger partial charge in [-0.1, -0.05) is 13.0 Å². The van der Waals surface area contributed by atoms with Crippen molar-refractivity contribution in [2.24, 2.45) is 5.73 Å². The number of rotatable bonds is 6. The highest BCUT2D eigenvalue weighted by Crippen LogP contribution is 2.30. The highest BCUT2D eigenvalue weighted by Gasteiger charge is 2.21. The lowest BCUT2D eigenvalue weighted by Crippen LogP contribution is -2.39. The van der Waals surface area contributed by atoms with Crippen LogP contribution in [0.15, 0.2) is 22.7 Å². The lowest BCUT2D eigenvalue weighted by Gasteiger charge is -2.34. The second kappa shape index (κ2) is 8.16. The van der Waals surface area contributed by atoms with Gasteiger partial charge in [-0.25, -0.2) is 0 Å². The van der Waals surface area contributed by atoms with Crippen LogP contribution >= 0.6 is 15.9 Å². The van der Waals surface area contributed by atoms with Crippen LogP contribution in [0.3, 0.4) is 0 Å². The number of benzene rings is 1. The lowest BCUT2D eigenvalue weighted by molar-refractivity contribution is 0.0526. The van der Waals surface area contributed by atoms with Gasteiger partial charge in [-0.05, 0) is 66.2 Å². The summed E-state index contributed by atoms with van der Waals surface area (Å²) in [5.41, 5.74) is 8.62. The summed E-state index contributed by atoms with van der Waals surface area (Å²) < 4.78 is 6.96. The molecule has 1 aromatic carbocycles. The van der Waals surface area contributed by atoms with Crippen LogP contribution in [-0.4, -0.2) is 31.8 Å². The van der Waals surface area contributed by atoms with Gasteiger partial charge in [0.2, 0.25) is 0 Å². The number of piperidine rings is 1. The summed E-state index contributed by atoms with van der Waals surface area (Å²) in [6.45, 7) is 7.10. The van der Waals surface area contributed by atoms with Gasteiger partial charge in [0.1, 0.15) is 0 Å². The number of ether oxygens (including phenoxy) is 1. The molecule has 0 aliphatic carbocycles. The Morgan fingerprint density at radius 2 is 2.24 bits per heavy atom. The van der Waals surface area contributed by atoms with Crippen molar-refractivity contribution in [1.29, 1.82) is 0 Å². The molecule has 1 saturated heterocycles. The molecule has 1 aliphatic rings. The monoisotopic (exact) mass is 354 g/mol. The van der Waals surface area contributed by atoms with E-state index in [9.17, 15) is 0 Å². The van der Waals surface area contributed by atoms with Gasteiger partial charge < -0.3 is 15.4 Å². The average molecular weight is 355 g/mol. The van der Waals surface area contributed by atoms with Crippen molar-refractivity contribution in [2.45, 2.75) is 51.7 Å². The van der Waals surface area contributed by atoms with E-state index >= 15 is 0 Å². The highest BCUT2D eigenvalue weighted by atomic mass is 79.9. The first kappa shape index (κ1) is 16.8. The van der Waals surface area contributed by atoms with Gasteiger partial charge in [0.25, 0.3) is 0 Å². The zero-order valence-corrected chi connectivity index (χ0v) is 14.7. The maximum Gasteiger partial charge on any atom is 0.0750 e. The third-order valence-electron chi connectivity index (χ3n) is 4.16. The molecule has 21 heavy (non-hydrogen) atoms. The van der Waals surface area contributed by atoms with Crippen LogP contribution in [0.2, 0.25) is 0 Å². The maximum atomic E-state index is 6.05. The van der Waals surface area contributed by atoms with E-state index in [1.165, 1.54) is 28.6 Å². The molecule has 0 amide bonds. The van der Waals surface area contributed by atoms with Crippen molar-refractivity contribution < 1.29 is 4.74 Å². The van der Waals surface area contributed by atoms with Crippen LogP contribution in [0.4, 0.5) is 5.69 Å². The van der Waals surface area contributed by atoms with Crippen molar-refractivity contribution in [3.8, 4) is 0 Å². The van der Waals surface area contributed by atoms with Crippen LogP contribution in [-0.2, 0) is 11.2 Å². The molecule has 0 radical (unpaired) electrons. The zero-order chi connectivity index (χ0) is 15.2. The predicted molar refractivity (Wildman–Crippen MR) is 93.0 cm³/mol. The first-order valence-corrected chi connectivity index (χ1v) is 8.83. The second-order valence-electron chi connectivity index (χ2n) is 5.82. The average Bonchev–Trinajstić information content (AvgIpc) is 2.48. The second-order valence-corrected chi connectivity index (χ2v) is 6.68. The number of anilines is 1. The van der Waals surface area contributed by atoms with E-state index in [0.717, 1.165) is 32.5 Å². The van der Waals surface area contributed by atoms with E-state index in [-0.39, 0.29) is 6.04 Å². The molecular weight excluding hydrogens is 328 g/mol. The van der Waals surface area contributed by atoms with Crippen molar-refractivity contribution in [1.82, 2.24) is 0 Å². The number of hydrogen-bond donors (Lipinski definition) is 1. The van der Waals surface area contributed by atoms with Gasteiger partial charge in [0, 0.05) is 30.2 Å². The van der Waals surface area contributed by atoms with Crippen molar-refractivity contribution in [2.75, 3.05) is 24.6 Å². The molecule has 1 aromatic rings. The summed E-state index contributed by atoms with van der Waals surface area (Å²) in [7, 11) is 0. The molecular formula is C17H27BrN2O. The molecule has 4 heteroatoms. The summed E-state index contributed by atoms with van der Waals surface area (Å²) in [6.07, 6.45) is 4.69. The number of hydrogen-bond acceptors (Lipinski definition) is 3. The van der Waals surface area contributed by atoms with Crippen LogP contribution in [0.1, 0.15) is 38.7 Å². The zero-order valence-electron chi connectivity index (χ0n) is 13.1. The first-order valence-electron chi connectivity index (χ1n) is 8.04. The molecule has 0 spiro atoms. The smallest absolute Gasteiger partial charge is 0.0750 e. The molecule has 0 aromatic heterocycles. The van der Waals surface area contributed by atoms with Gasteiger partial charge in [-0.2, -0.15) is 0 Å². The third-order valence-corrected chi connectivity index (χ3v) is 4.79. The Hall–Kier alpha value is -0.580. The van der Waals surface area contributed by atoms with E-state index in [2.05, 4.69) is 52.9 Å². The number of nitrogens with zero attached hydrogens (tertiary/aromatic N) is 1. The summed E-state index contributed by atoms with van der Waals surface area (Å²) in [6, 6.07) is 6.89. The van der Waals surface area contributed by atoms with Crippen LogP contribution in [0.5, 0.6) is 0 Å². The molecule has 118 valence electrons. The molecule has 2 unspecified atom stereocenters. The SMILES string of the molecule is CCOC1CCCN(c2ccc(CC(N)CC)cc2Br)C1. The van der Waals surface area contributed by atoms with Gasteiger partial charge in [0.15, 0.2) is 0 Å². The van der Waals surface area contributed by atoms with E-state index < -0.39 is 0 Å². The topological polar surface area (TPSA) is 38.5 Å². The Labute approximate surface area is 137 Å². The molecule has 1 fully saturated rings. The summed E-state index contributed by atoms with van der Waals surface area (Å²) >= 11 is 3.73. The first-order chi connectivity index (χ1) is 10.1. The molecule has 2 N–H and O–H groups in total. The van der Waals surface area contributed by atoms with Gasteiger partial charge in [-0.3, -0.25) is 0 Å². The van der Waals surface area contributed by atoms with Crippen molar-refractivity contribution in [3.05, 3.63) is 28.2 Å². The number of halogens is 1. The predicted octanol–water partition coefficient (Wildman–Crippen LogP) is 3.73. The number of nitrogens with two attached hydrogens (primary N) is 1. The molecule has 1 aliphatic heterocycles. The summed E-state index contributed by atoms with van der Waals surface area (Å²) in [5, 5.41) is 0. The minimum Gasteiger partial charge on any atom is -0.377 e. The van der Waals surface area contributed by atoms with Gasteiger partial charge in [0.05, 0.1) is 11.8 Å². The Balaban J connectivity index is 2.06. The van der Waals surface area contributed by atoms with Crippen LogP contribution in [0.25, 0.3) is 0 Å². The summed E-state index contributed by atoms with van der Waals surface area (Å²) in [4.78, 5) is 2.43. The Kier molecular flexibility index (Phi) is 6.52. The van der Waals surface area contributed by atoms with E-state index in [0.29, 0.717) is 6.10 Å². The molecule has 0 bridgehead atoms. The highest BCUT2D eigenvalue weighted by molar-refractivity contribution is 9.10. The largest absolute Gasteiger partial charge is 0.377 e. The van der Waals surface area contributed by atoms with Crippen molar-refractivity contribution in [3.63, 3.8) is 0 Å². The molecule has 2 atom stereocenters. The minimum absolute atomic E-state index is 0.250. The Bertz CT molecular complexity index is 450. The summed E-state index contributed by atoms with van der Waals surface area (Å²) in [5.74, 6) is 0. The van der Waals surface area contributed by atoms with Gasteiger partial charge >= 0.3 is 0 Å². The molecule has 0 saturated carbocycles. The Morgan fingerprint density at radius 1 is 1.43 bits per heavy atom. The third kappa shape index (κ3) is 4.70. The van der Waals surface area contributed by atoms with Crippen LogP contribution < -0.4 is 10.6 Å². The van der Waals surface area contributed by atoms with E-state index in [4.69, 9.17) is 10.5 Å².